The molecule has 9 rings (SSSR count). The summed E-state index contributed by atoms with van der Waals surface area (Å²) in [5, 5.41) is 18.8. The van der Waals surface area contributed by atoms with E-state index in [0.717, 1.165) is 83.9 Å². The molecule has 5 aliphatic heterocycles. The van der Waals surface area contributed by atoms with E-state index in [9.17, 15) is 14.7 Å². The Morgan fingerprint density at radius 2 is 1.77 bits per heavy atom. The van der Waals surface area contributed by atoms with Crippen LogP contribution in [0.4, 0.5) is 0 Å². The molecule has 7 heteroatoms. The normalized spacial score (nSPS) is 18.0. The molecule has 0 spiro atoms. The lowest BCUT2D eigenvalue weighted by Gasteiger charge is -2.30. The van der Waals surface area contributed by atoms with Crippen LogP contribution in [0.25, 0.3) is 11.0 Å². The fraction of sp³-hybridized carbons (Fsp3) is 0.375. The van der Waals surface area contributed by atoms with E-state index in [1.807, 2.05) is 34.7 Å². The topological polar surface area (TPSA) is 88.3 Å². The quantitative estimate of drug-likeness (QED) is 0.367. The van der Waals surface area contributed by atoms with Crippen LogP contribution in [0, 0.1) is 6.92 Å². The van der Waals surface area contributed by atoms with Gasteiger partial charge in [0.15, 0.2) is 0 Å². The zero-order valence-electron chi connectivity index (χ0n) is 22.4. The van der Waals surface area contributed by atoms with E-state index in [1.54, 1.807) is 0 Å². The van der Waals surface area contributed by atoms with Gasteiger partial charge in [0.1, 0.15) is 5.52 Å². The number of aryl methyl sites for hydroxylation is 3. The molecule has 9 bridgehead atoms. The maximum atomic E-state index is 13.4. The van der Waals surface area contributed by atoms with Gasteiger partial charge < -0.3 is 10.0 Å². The largest absolute Gasteiger partial charge is 0.481 e. The Hall–Kier alpha value is -4.00. The summed E-state index contributed by atoms with van der Waals surface area (Å²) in [6, 6.07) is 18.5. The van der Waals surface area contributed by atoms with Crippen LogP contribution in [0.15, 0.2) is 54.6 Å². The van der Waals surface area contributed by atoms with Gasteiger partial charge >= 0.3 is 5.97 Å². The van der Waals surface area contributed by atoms with Crippen LogP contribution in [0.2, 0.25) is 0 Å². The lowest BCUT2D eigenvalue weighted by molar-refractivity contribution is -0.137. The first-order valence-corrected chi connectivity index (χ1v) is 14.0. The number of amides is 1. The minimum Gasteiger partial charge on any atom is -0.481 e. The Morgan fingerprint density at radius 3 is 2.59 bits per heavy atom. The molecular formula is C32H34N4O3. The second kappa shape index (κ2) is 10.6. The van der Waals surface area contributed by atoms with Gasteiger partial charge in [0.25, 0.3) is 5.91 Å². The van der Waals surface area contributed by atoms with E-state index < -0.39 is 5.97 Å². The first kappa shape index (κ1) is 25.3. The van der Waals surface area contributed by atoms with Gasteiger partial charge in [-0.1, -0.05) is 54.5 Å². The van der Waals surface area contributed by atoms with Gasteiger partial charge in [-0.15, -0.1) is 5.10 Å². The molecule has 0 saturated heterocycles. The average Bonchev–Trinajstić information content (AvgIpc) is 3.36. The van der Waals surface area contributed by atoms with Gasteiger partial charge in [0.2, 0.25) is 0 Å². The molecule has 0 aliphatic carbocycles. The highest BCUT2D eigenvalue weighted by molar-refractivity contribution is 5.94. The maximum absolute atomic E-state index is 13.4. The van der Waals surface area contributed by atoms with Crippen molar-refractivity contribution in [3.63, 3.8) is 0 Å². The number of hydrogen-bond donors (Lipinski definition) is 1. The number of aliphatic carboxylic acids is 1. The molecule has 1 N–H and O–H groups in total. The smallest absolute Gasteiger partial charge is 0.304 e. The SMILES string of the molecule is Cc1c2ccc3c1nnn3CCCCCCc1ccc(cc1)C(=O)N1CCc3ccc(cc3C1)[C@@H]2CC(=O)O. The Labute approximate surface area is 228 Å². The third kappa shape index (κ3) is 5.05. The summed E-state index contributed by atoms with van der Waals surface area (Å²) in [5.41, 5.74) is 9.01. The molecular weight excluding hydrogens is 488 g/mol. The molecule has 200 valence electrons. The van der Waals surface area contributed by atoms with Crippen LogP contribution in [-0.2, 0) is 30.7 Å². The molecule has 0 radical (unpaired) electrons. The average molecular weight is 523 g/mol. The summed E-state index contributed by atoms with van der Waals surface area (Å²) < 4.78 is 1.98. The number of hydrogen-bond acceptors (Lipinski definition) is 4. The fourth-order valence-electron chi connectivity index (χ4n) is 6.22. The zero-order valence-corrected chi connectivity index (χ0v) is 22.4. The van der Waals surface area contributed by atoms with Crippen molar-refractivity contribution in [3.05, 3.63) is 93.5 Å². The molecule has 0 unspecified atom stereocenters. The number of rotatable bonds is 2. The number of carboxylic acids is 1. The van der Waals surface area contributed by atoms with E-state index in [2.05, 4.69) is 46.7 Å². The monoisotopic (exact) mass is 522 g/mol. The van der Waals surface area contributed by atoms with Crippen molar-refractivity contribution in [1.82, 2.24) is 19.9 Å². The lowest BCUT2D eigenvalue weighted by Crippen LogP contribution is -2.36. The van der Waals surface area contributed by atoms with E-state index in [4.69, 9.17) is 0 Å². The molecule has 3 aromatic carbocycles. The highest BCUT2D eigenvalue weighted by atomic mass is 16.4. The van der Waals surface area contributed by atoms with Gasteiger partial charge in [-0.3, -0.25) is 9.59 Å². The van der Waals surface area contributed by atoms with Crippen LogP contribution in [0.1, 0.15) is 81.8 Å². The molecule has 39 heavy (non-hydrogen) atoms. The zero-order chi connectivity index (χ0) is 26.9. The van der Waals surface area contributed by atoms with Gasteiger partial charge in [-0.2, -0.15) is 0 Å². The van der Waals surface area contributed by atoms with E-state index >= 15 is 0 Å². The van der Waals surface area contributed by atoms with Crippen LogP contribution in [0.3, 0.4) is 0 Å². The predicted molar refractivity (Wildman–Crippen MR) is 150 cm³/mol. The Kier molecular flexibility index (Phi) is 6.90. The van der Waals surface area contributed by atoms with Crippen molar-refractivity contribution in [2.45, 2.75) is 70.9 Å². The van der Waals surface area contributed by atoms with Crippen molar-refractivity contribution in [2.75, 3.05) is 6.54 Å². The van der Waals surface area contributed by atoms with Crippen molar-refractivity contribution < 1.29 is 14.7 Å². The van der Waals surface area contributed by atoms with E-state index in [1.165, 1.54) is 11.1 Å². The number of carbonyl (C=O) groups excluding carboxylic acids is 1. The first-order valence-electron chi connectivity index (χ1n) is 14.0. The molecule has 7 nitrogen and oxygen atoms in total. The van der Waals surface area contributed by atoms with Crippen LogP contribution in [0.5, 0.6) is 0 Å². The summed E-state index contributed by atoms with van der Waals surface area (Å²) >= 11 is 0. The number of nitrogens with zero attached hydrogens (tertiary/aromatic N) is 4. The fourth-order valence-corrected chi connectivity index (χ4v) is 6.22. The predicted octanol–water partition coefficient (Wildman–Crippen LogP) is 5.66. The second-order valence-electron chi connectivity index (χ2n) is 11.0. The molecule has 4 aromatic rings. The number of carboxylic acid groups (broad SMARTS) is 1. The van der Waals surface area contributed by atoms with Crippen LogP contribution >= 0.6 is 0 Å². The number of aromatic nitrogens is 3. The van der Waals surface area contributed by atoms with Gasteiger partial charge in [0, 0.05) is 31.1 Å². The summed E-state index contributed by atoms with van der Waals surface area (Å²) in [6.45, 7) is 4.03. The molecule has 6 heterocycles. The summed E-state index contributed by atoms with van der Waals surface area (Å²) in [7, 11) is 0. The summed E-state index contributed by atoms with van der Waals surface area (Å²) in [5.74, 6) is -1.12. The molecule has 1 amide bonds. The minimum absolute atomic E-state index is 0.0196. The Balaban J connectivity index is 1.41. The third-order valence-corrected chi connectivity index (χ3v) is 8.45. The first-order chi connectivity index (χ1) is 19.0. The summed E-state index contributed by atoms with van der Waals surface area (Å²) in [4.78, 5) is 27.3. The van der Waals surface area contributed by atoms with Gasteiger partial charge in [-0.05, 0) is 84.2 Å². The minimum atomic E-state index is -0.845. The van der Waals surface area contributed by atoms with E-state index in [0.29, 0.717) is 13.1 Å². The number of benzene rings is 3. The second-order valence-corrected chi connectivity index (χ2v) is 11.0. The summed E-state index contributed by atoms with van der Waals surface area (Å²) in [6.07, 6.45) is 6.18. The lowest BCUT2D eigenvalue weighted by atomic mass is 9.83. The highest BCUT2D eigenvalue weighted by Gasteiger charge is 2.26. The van der Waals surface area contributed by atoms with Crippen LogP contribution in [-0.4, -0.2) is 43.4 Å². The molecule has 1 aromatic heterocycles. The standard InChI is InChI=1S/C32H34N4O3/c1-21-27-13-14-29-31(21)33-34-36(29)16-5-3-2-4-6-22-7-9-24(10-8-22)32(39)35-17-15-23-11-12-25(18-26(23)20-35)28(27)19-30(37)38/h7-14,18,28H,2-6,15-17,19-20H2,1H3,(H,37,38)/t28-/m0/s1. The van der Waals surface area contributed by atoms with E-state index in [-0.39, 0.29) is 18.2 Å². The van der Waals surface area contributed by atoms with Crippen molar-refractivity contribution in [3.8, 4) is 0 Å². The van der Waals surface area contributed by atoms with Crippen LogP contribution < -0.4 is 0 Å². The van der Waals surface area contributed by atoms with Crippen molar-refractivity contribution in [2.24, 2.45) is 0 Å². The molecule has 0 fully saturated rings. The van der Waals surface area contributed by atoms with Gasteiger partial charge in [0.05, 0.1) is 11.9 Å². The van der Waals surface area contributed by atoms with Gasteiger partial charge in [-0.25, -0.2) is 4.68 Å². The molecule has 1 atom stereocenters. The van der Waals surface area contributed by atoms with Crippen molar-refractivity contribution in [1.29, 1.82) is 0 Å². The van der Waals surface area contributed by atoms with Crippen molar-refractivity contribution >= 4 is 22.9 Å². The Bertz CT molecular complexity index is 1540. The third-order valence-electron chi connectivity index (χ3n) is 8.45. The Morgan fingerprint density at radius 1 is 0.949 bits per heavy atom. The molecule has 5 aliphatic rings. The number of carbonyl (C=O) groups is 2. The maximum Gasteiger partial charge on any atom is 0.304 e. The highest BCUT2D eigenvalue weighted by Crippen LogP contribution is 2.35. The molecule has 0 saturated carbocycles.